The number of hydrogen-bond donors (Lipinski definition) is 1. The first kappa shape index (κ1) is 17.8. The van der Waals surface area contributed by atoms with Crippen molar-refractivity contribution >= 4 is 23.4 Å². The molecule has 0 aliphatic rings. The predicted octanol–water partition coefficient (Wildman–Crippen LogP) is 2.74. The van der Waals surface area contributed by atoms with Gasteiger partial charge in [0.15, 0.2) is 0 Å². The summed E-state index contributed by atoms with van der Waals surface area (Å²) >= 11 is 5.82. The third kappa shape index (κ3) is 5.28. The molecule has 2 amide bonds. The fraction of sp³-hybridized carbons (Fsp3) is 0.222. The molecule has 0 spiro atoms. The number of benzene rings is 2. The topological polar surface area (TPSA) is 58.6 Å². The number of hydrogen-bond acceptors (Lipinski definition) is 3. The Hall–Kier alpha value is -2.53. The van der Waals surface area contributed by atoms with E-state index in [1.54, 1.807) is 50.5 Å². The number of likely N-dealkylation sites (N-methyl/N-ethyl adjacent to an activating group) is 1. The van der Waals surface area contributed by atoms with Crippen LogP contribution in [0.2, 0.25) is 5.02 Å². The van der Waals surface area contributed by atoms with Crippen molar-refractivity contribution in [2.24, 2.45) is 0 Å². The fourth-order valence-electron chi connectivity index (χ4n) is 1.87. The summed E-state index contributed by atoms with van der Waals surface area (Å²) in [7, 11) is 3.29. The average Bonchev–Trinajstić information content (AvgIpc) is 2.59. The van der Waals surface area contributed by atoms with E-state index in [0.29, 0.717) is 17.2 Å². The van der Waals surface area contributed by atoms with Gasteiger partial charge in [0.1, 0.15) is 12.4 Å². The van der Waals surface area contributed by atoms with Crippen LogP contribution < -0.4 is 10.1 Å². The molecule has 0 atom stereocenters. The van der Waals surface area contributed by atoms with Crippen LogP contribution in [0.5, 0.6) is 5.75 Å². The predicted molar refractivity (Wildman–Crippen MR) is 93.3 cm³/mol. The van der Waals surface area contributed by atoms with Crippen LogP contribution in [0.4, 0.5) is 0 Å². The molecule has 0 unspecified atom stereocenters. The maximum Gasteiger partial charge on any atom is 0.251 e. The van der Waals surface area contributed by atoms with Gasteiger partial charge in [-0.25, -0.2) is 0 Å². The standard InChI is InChI=1S/C18H19ClN2O3/c1-21(2)17(22)11-20-18(23)14-5-3-13(4-6-14)12-24-16-9-7-15(19)8-10-16/h3-10H,11-12H2,1-2H3,(H,20,23). The molecular weight excluding hydrogens is 328 g/mol. The summed E-state index contributed by atoms with van der Waals surface area (Å²) in [5.74, 6) is 0.287. The van der Waals surface area contributed by atoms with E-state index < -0.39 is 0 Å². The monoisotopic (exact) mass is 346 g/mol. The van der Waals surface area contributed by atoms with Crippen LogP contribution in [0.15, 0.2) is 48.5 Å². The number of halogens is 1. The normalized spacial score (nSPS) is 10.1. The summed E-state index contributed by atoms with van der Waals surface area (Å²) < 4.78 is 5.64. The lowest BCUT2D eigenvalue weighted by molar-refractivity contribution is -0.127. The molecule has 0 bridgehead atoms. The van der Waals surface area contributed by atoms with Crippen LogP contribution in [0, 0.1) is 0 Å². The minimum atomic E-state index is -0.282. The van der Waals surface area contributed by atoms with Gasteiger partial charge in [-0.05, 0) is 42.0 Å². The highest BCUT2D eigenvalue weighted by Crippen LogP contribution is 2.17. The fourth-order valence-corrected chi connectivity index (χ4v) is 1.99. The lowest BCUT2D eigenvalue weighted by atomic mass is 10.1. The summed E-state index contributed by atoms with van der Waals surface area (Å²) in [5, 5.41) is 3.25. The van der Waals surface area contributed by atoms with Crippen molar-refractivity contribution in [1.29, 1.82) is 0 Å². The summed E-state index contributed by atoms with van der Waals surface area (Å²) in [6.45, 7) is 0.371. The Morgan fingerprint density at radius 2 is 1.67 bits per heavy atom. The second kappa shape index (κ2) is 8.36. The van der Waals surface area contributed by atoms with E-state index in [9.17, 15) is 9.59 Å². The summed E-state index contributed by atoms with van der Waals surface area (Å²) in [6.07, 6.45) is 0. The molecule has 0 fully saturated rings. The van der Waals surface area contributed by atoms with Crippen molar-refractivity contribution < 1.29 is 14.3 Å². The molecule has 1 N–H and O–H groups in total. The zero-order chi connectivity index (χ0) is 17.5. The van der Waals surface area contributed by atoms with E-state index in [1.807, 2.05) is 12.1 Å². The third-order valence-corrected chi connectivity index (χ3v) is 3.59. The van der Waals surface area contributed by atoms with Crippen molar-refractivity contribution in [1.82, 2.24) is 10.2 Å². The minimum absolute atomic E-state index is 0.0206. The van der Waals surface area contributed by atoms with Crippen molar-refractivity contribution in [3.63, 3.8) is 0 Å². The summed E-state index contributed by atoms with van der Waals surface area (Å²) in [5.41, 5.74) is 1.43. The Labute approximate surface area is 146 Å². The van der Waals surface area contributed by atoms with E-state index in [-0.39, 0.29) is 18.4 Å². The van der Waals surface area contributed by atoms with Crippen molar-refractivity contribution in [2.45, 2.75) is 6.61 Å². The van der Waals surface area contributed by atoms with E-state index >= 15 is 0 Å². The molecular formula is C18H19ClN2O3. The van der Waals surface area contributed by atoms with Gasteiger partial charge < -0.3 is 15.0 Å². The molecule has 126 valence electrons. The molecule has 2 aromatic rings. The first-order valence-electron chi connectivity index (χ1n) is 7.41. The van der Waals surface area contributed by atoms with Gasteiger partial charge >= 0.3 is 0 Å². The average molecular weight is 347 g/mol. The van der Waals surface area contributed by atoms with Gasteiger partial charge in [0.2, 0.25) is 5.91 Å². The van der Waals surface area contributed by atoms with E-state index in [0.717, 1.165) is 11.3 Å². The Bertz CT molecular complexity index is 697. The highest BCUT2D eigenvalue weighted by atomic mass is 35.5. The van der Waals surface area contributed by atoms with Crippen LogP contribution in [0.3, 0.4) is 0 Å². The van der Waals surface area contributed by atoms with Crippen LogP contribution in [0.25, 0.3) is 0 Å². The van der Waals surface area contributed by atoms with Gasteiger partial charge in [0, 0.05) is 24.7 Å². The molecule has 0 aromatic heterocycles. The van der Waals surface area contributed by atoms with E-state index in [1.165, 1.54) is 4.90 Å². The molecule has 0 radical (unpaired) electrons. The van der Waals surface area contributed by atoms with Gasteiger partial charge in [-0.15, -0.1) is 0 Å². The smallest absolute Gasteiger partial charge is 0.251 e. The highest BCUT2D eigenvalue weighted by Gasteiger charge is 2.09. The van der Waals surface area contributed by atoms with Gasteiger partial charge in [-0.2, -0.15) is 0 Å². The molecule has 0 aliphatic heterocycles. The number of nitrogens with one attached hydrogen (secondary N) is 1. The Kier molecular flexibility index (Phi) is 6.21. The van der Waals surface area contributed by atoms with Gasteiger partial charge in [-0.1, -0.05) is 23.7 Å². The molecule has 5 nitrogen and oxygen atoms in total. The quantitative estimate of drug-likeness (QED) is 0.875. The minimum Gasteiger partial charge on any atom is -0.489 e. The molecule has 2 aromatic carbocycles. The maximum atomic E-state index is 12.0. The number of carbonyl (C=O) groups excluding carboxylic acids is 2. The van der Waals surface area contributed by atoms with Crippen LogP contribution in [0.1, 0.15) is 15.9 Å². The number of nitrogens with zero attached hydrogens (tertiary/aromatic N) is 1. The SMILES string of the molecule is CN(C)C(=O)CNC(=O)c1ccc(COc2ccc(Cl)cc2)cc1. The Morgan fingerprint density at radius 3 is 2.25 bits per heavy atom. The van der Waals surface area contributed by atoms with E-state index in [4.69, 9.17) is 16.3 Å². The van der Waals surface area contributed by atoms with Crippen molar-refractivity contribution in [3.8, 4) is 5.75 Å². The second-order valence-electron chi connectivity index (χ2n) is 5.41. The van der Waals surface area contributed by atoms with Crippen LogP contribution >= 0.6 is 11.6 Å². The van der Waals surface area contributed by atoms with Crippen molar-refractivity contribution in [3.05, 3.63) is 64.7 Å². The summed E-state index contributed by atoms with van der Waals surface area (Å²) in [4.78, 5) is 24.9. The molecule has 0 heterocycles. The van der Waals surface area contributed by atoms with Crippen LogP contribution in [-0.4, -0.2) is 37.4 Å². The van der Waals surface area contributed by atoms with Gasteiger partial charge in [0.05, 0.1) is 6.54 Å². The zero-order valence-electron chi connectivity index (χ0n) is 13.6. The van der Waals surface area contributed by atoms with Crippen molar-refractivity contribution in [2.75, 3.05) is 20.6 Å². The van der Waals surface area contributed by atoms with Gasteiger partial charge in [0.25, 0.3) is 5.91 Å². The van der Waals surface area contributed by atoms with Gasteiger partial charge in [-0.3, -0.25) is 9.59 Å². The molecule has 6 heteroatoms. The maximum absolute atomic E-state index is 12.0. The zero-order valence-corrected chi connectivity index (χ0v) is 14.3. The largest absolute Gasteiger partial charge is 0.489 e. The number of ether oxygens (including phenoxy) is 1. The first-order chi connectivity index (χ1) is 11.5. The number of amides is 2. The second-order valence-corrected chi connectivity index (χ2v) is 5.85. The molecule has 0 saturated heterocycles. The third-order valence-electron chi connectivity index (χ3n) is 3.33. The molecule has 0 aliphatic carbocycles. The van der Waals surface area contributed by atoms with Crippen LogP contribution in [-0.2, 0) is 11.4 Å². The van der Waals surface area contributed by atoms with E-state index in [2.05, 4.69) is 5.32 Å². The molecule has 0 saturated carbocycles. The Morgan fingerprint density at radius 1 is 1.04 bits per heavy atom. The first-order valence-corrected chi connectivity index (χ1v) is 7.79. The highest BCUT2D eigenvalue weighted by molar-refractivity contribution is 6.30. The lowest BCUT2D eigenvalue weighted by Gasteiger charge is -2.11. The number of carbonyl (C=O) groups is 2. The molecule has 2 rings (SSSR count). The Balaban J connectivity index is 1.86. The number of rotatable bonds is 6. The lowest BCUT2D eigenvalue weighted by Crippen LogP contribution is -2.36. The molecule has 24 heavy (non-hydrogen) atoms. The summed E-state index contributed by atoms with van der Waals surface area (Å²) in [6, 6.07) is 14.2.